The summed E-state index contributed by atoms with van der Waals surface area (Å²) in [6.45, 7) is 3.68. The number of phenolic OH excluding ortho intramolecular Hbond substituents is 1. The van der Waals surface area contributed by atoms with Gasteiger partial charge in [-0.1, -0.05) is 17.3 Å². The van der Waals surface area contributed by atoms with Crippen molar-refractivity contribution in [1.82, 2.24) is 10.1 Å². The molecule has 0 aliphatic heterocycles. The molecule has 1 aromatic heterocycles. The summed E-state index contributed by atoms with van der Waals surface area (Å²) in [5, 5.41) is 13.0. The maximum absolute atomic E-state index is 12.2. The fourth-order valence-corrected chi connectivity index (χ4v) is 1.79. The summed E-state index contributed by atoms with van der Waals surface area (Å²) in [6.07, 6.45) is 0. The van der Waals surface area contributed by atoms with Crippen molar-refractivity contribution in [2.75, 3.05) is 7.05 Å². The monoisotopic (exact) mass is 260 g/mol. The third-order valence-electron chi connectivity index (χ3n) is 3.12. The van der Waals surface area contributed by atoms with Gasteiger partial charge in [-0.25, -0.2) is 0 Å². The number of aromatic nitrogens is 1. The Morgan fingerprint density at radius 1 is 1.37 bits per heavy atom. The first kappa shape index (κ1) is 13.1. The van der Waals surface area contributed by atoms with Crippen LogP contribution >= 0.6 is 0 Å². The highest BCUT2D eigenvalue weighted by molar-refractivity contribution is 5.91. The number of carbonyl (C=O) groups is 1. The van der Waals surface area contributed by atoms with Gasteiger partial charge >= 0.3 is 0 Å². The number of aromatic hydroxyl groups is 1. The zero-order valence-corrected chi connectivity index (χ0v) is 11.1. The fourth-order valence-electron chi connectivity index (χ4n) is 1.79. The molecule has 0 saturated heterocycles. The number of amides is 1. The molecule has 0 radical (unpaired) electrons. The van der Waals surface area contributed by atoms with E-state index >= 15 is 0 Å². The van der Waals surface area contributed by atoms with Gasteiger partial charge in [0, 0.05) is 13.1 Å². The van der Waals surface area contributed by atoms with Gasteiger partial charge in [0.1, 0.15) is 5.75 Å². The van der Waals surface area contributed by atoms with E-state index in [1.807, 2.05) is 6.92 Å². The third kappa shape index (κ3) is 2.76. The zero-order chi connectivity index (χ0) is 14.0. The van der Waals surface area contributed by atoms with Gasteiger partial charge in [0.05, 0.1) is 11.7 Å². The molecule has 1 N–H and O–H groups in total. The van der Waals surface area contributed by atoms with Crippen LogP contribution in [0.25, 0.3) is 0 Å². The molecule has 0 aliphatic rings. The summed E-state index contributed by atoms with van der Waals surface area (Å²) < 4.78 is 4.97. The Labute approximate surface area is 111 Å². The van der Waals surface area contributed by atoms with Crippen LogP contribution in [0.4, 0.5) is 0 Å². The number of nitrogens with zero attached hydrogens (tertiary/aromatic N) is 2. The average molecular weight is 260 g/mol. The molecule has 5 nitrogen and oxygen atoms in total. The van der Waals surface area contributed by atoms with Crippen LogP contribution in [0.2, 0.25) is 0 Å². The lowest BCUT2D eigenvalue weighted by Gasteiger charge is -2.24. The number of carbonyl (C=O) groups excluding carboxylic acids is 1. The van der Waals surface area contributed by atoms with Crippen LogP contribution in [0.3, 0.4) is 0 Å². The Balaban J connectivity index is 2.16. The maximum Gasteiger partial charge on any atom is 0.292 e. The summed E-state index contributed by atoms with van der Waals surface area (Å²) in [6, 6.07) is 8.26. The van der Waals surface area contributed by atoms with Crippen molar-refractivity contribution >= 4 is 5.91 Å². The summed E-state index contributed by atoms with van der Waals surface area (Å²) in [5.74, 6) is 0.211. The average Bonchev–Trinajstić information content (AvgIpc) is 2.84. The summed E-state index contributed by atoms with van der Waals surface area (Å²) in [4.78, 5) is 13.8. The molecular formula is C14H16N2O3. The molecule has 100 valence electrons. The number of phenols is 1. The molecule has 0 bridgehead atoms. The number of hydrogen-bond donors (Lipinski definition) is 1. The van der Waals surface area contributed by atoms with E-state index in [1.54, 1.807) is 49.2 Å². The number of benzene rings is 1. The SMILES string of the molecule is Cc1cc(C(=O)N(C)C(C)c2ccc(O)cc2)on1. The largest absolute Gasteiger partial charge is 0.508 e. The van der Waals surface area contributed by atoms with Crippen LogP contribution < -0.4 is 0 Å². The maximum atomic E-state index is 12.2. The van der Waals surface area contributed by atoms with Gasteiger partial charge in [0.15, 0.2) is 0 Å². The second-order valence-electron chi connectivity index (χ2n) is 4.52. The molecule has 1 amide bonds. The number of rotatable bonds is 3. The third-order valence-corrected chi connectivity index (χ3v) is 3.12. The Morgan fingerprint density at radius 3 is 2.53 bits per heavy atom. The standard InChI is InChI=1S/C14H16N2O3/c1-9-8-13(19-15-9)14(18)16(3)10(2)11-4-6-12(17)7-5-11/h4-8,10,17H,1-3H3. The minimum Gasteiger partial charge on any atom is -0.508 e. The fraction of sp³-hybridized carbons (Fsp3) is 0.286. The molecule has 0 fully saturated rings. The van der Waals surface area contributed by atoms with Crippen LogP contribution in [0, 0.1) is 6.92 Å². The van der Waals surface area contributed by atoms with Crippen LogP contribution in [-0.2, 0) is 0 Å². The zero-order valence-electron chi connectivity index (χ0n) is 11.1. The predicted molar refractivity (Wildman–Crippen MR) is 69.9 cm³/mol. The lowest BCUT2D eigenvalue weighted by molar-refractivity contribution is 0.0700. The van der Waals surface area contributed by atoms with Crippen molar-refractivity contribution in [3.8, 4) is 5.75 Å². The molecule has 19 heavy (non-hydrogen) atoms. The van der Waals surface area contributed by atoms with Crippen molar-refractivity contribution in [2.45, 2.75) is 19.9 Å². The Morgan fingerprint density at radius 2 is 2.00 bits per heavy atom. The van der Waals surface area contributed by atoms with Gasteiger partial charge in [-0.15, -0.1) is 0 Å². The topological polar surface area (TPSA) is 66.6 Å². The van der Waals surface area contributed by atoms with Crippen molar-refractivity contribution in [1.29, 1.82) is 0 Å². The van der Waals surface area contributed by atoms with Crippen molar-refractivity contribution in [3.63, 3.8) is 0 Å². The lowest BCUT2D eigenvalue weighted by Crippen LogP contribution is -2.29. The molecule has 1 aromatic carbocycles. The van der Waals surface area contributed by atoms with Gasteiger partial charge in [-0.2, -0.15) is 0 Å². The quantitative estimate of drug-likeness (QED) is 0.920. The molecule has 2 rings (SSSR count). The van der Waals surface area contributed by atoms with Gasteiger partial charge in [-0.05, 0) is 31.5 Å². The Hall–Kier alpha value is -2.30. The van der Waals surface area contributed by atoms with E-state index in [-0.39, 0.29) is 23.5 Å². The molecule has 0 aliphatic carbocycles. The molecule has 1 heterocycles. The van der Waals surface area contributed by atoms with E-state index < -0.39 is 0 Å². The van der Waals surface area contributed by atoms with E-state index in [0.29, 0.717) is 5.69 Å². The summed E-state index contributed by atoms with van der Waals surface area (Å²) in [7, 11) is 1.71. The smallest absolute Gasteiger partial charge is 0.292 e. The highest BCUT2D eigenvalue weighted by atomic mass is 16.5. The lowest BCUT2D eigenvalue weighted by atomic mass is 10.1. The minimum atomic E-state index is -0.221. The van der Waals surface area contributed by atoms with Crippen molar-refractivity contribution < 1.29 is 14.4 Å². The van der Waals surface area contributed by atoms with E-state index in [2.05, 4.69) is 5.16 Å². The first-order valence-electron chi connectivity index (χ1n) is 5.98. The second-order valence-corrected chi connectivity index (χ2v) is 4.52. The Kier molecular flexibility index (Phi) is 3.55. The highest BCUT2D eigenvalue weighted by Gasteiger charge is 2.22. The molecule has 0 spiro atoms. The first-order chi connectivity index (χ1) is 8.99. The molecular weight excluding hydrogens is 244 g/mol. The Bertz CT molecular complexity index is 575. The minimum absolute atomic E-state index is 0.126. The van der Waals surface area contributed by atoms with Crippen molar-refractivity contribution in [2.24, 2.45) is 0 Å². The molecule has 2 aromatic rings. The van der Waals surface area contributed by atoms with E-state index in [1.165, 1.54) is 0 Å². The van der Waals surface area contributed by atoms with Crippen LogP contribution in [0.5, 0.6) is 5.75 Å². The van der Waals surface area contributed by atoms with Gasteiger partial charge in [0.25, 0.3) is 5.91 Å². The van der Waals surface area contributed by atoms with Crippen molar-refractivity contribution in [3.05, 3.63) is 47.3 Å². The molecule has 0 saturated carbocycles. The van der Waals surface area contributed by atoms with E-state index in [4.69, 9.17) is 4.52 Å². The van der Waals surface area contributed by atoms with Gasteiger partial charge < -0.3 is 14.5 Å². The predicted octanol–water partition coefficient (Wildman–Crippen LogP) is 2.52. The van der Waals surface area contributed by atoms with Crippen LogP contribution in [0.1, 0.15) is 34.8 Å². The number of hydrogen-bond acceptors (Lipinski definition) is 4. The normalized spacial score (nSPS) is 12.2. The molecule has 1 atom stereocenters. The molecule has 1 unspecified atom stereocenters. The van der Waals surface area contributed by atoms with Gasteiger partial charge in [0.2, 0.25) is 5.76 Å². The van der Waals surface area contributed by atoms with Crippen LogP contribution in [0.15, 0.2) is 34.9 Å². The highest BCUT2D eigenvalue weighted by Crippen LogP contribution is 2.22. The second kappa shape index (κ2) is 5.14. The first-order valence-corrected chi connectivity index (χ1v) is 5.98. The van der Waals surface area contributed by atoms with E-state index in [0.717, 1.165) is 5.56 Å². The molecule has 5 heteroatoms. The summed E-state index contributed by atoms with van der Waals surface area (Å²) >= 11 is 0. The van der Waals surface area contributed by atoms with E-state index in [9.17, 15) is 9.90 Å². The number of aryl methyl sites for hydroxylation is 1. The summed E-state index contributed by atoms with van der Waals surface area (Å²) in [5.41, 5.74) is 1.61. The van der Waals surface area contributed by atoms with Gasteiger partial charge in [-0.3, -0.25) is 4.79 Å². The van der Waals surface area contributed by atoms with Crippen LogP contribution in [-0.4, -0.2) is 28.1 Å².